The first-order valence-corrected chi connectivity index (χ1v) is 7.90. The van der Waals surface area contributed by atoms with Crippen molar-refractivity contribution >= 4 is 17.6 Å². The van der Waals surface area contributed by atoms with Gasteiger partial charge in [-0.15, -0.1) is 0 Å². The van der Waals surface area contributed by atoms with Gasteiger partial charge in [-0.2, -0.15) is 0 Å². The van der Waals surface area contributed by atoms with E-state index in [0.29, 0.717) is 11.4 Å². The SMILES string of the molecule is COc1ccc(NC(=O)[C@@H](N)CC(=O)OCc2ccccc2)c(C)c1. The van der Waals surface area contributed by atoms with Crippen molar-refractivity contribution in [3.05, 3.63) is 59.7 Å². The number of esters is 1. The van der Waals surface area contributed by atoms with Crippen LogP contribution >= 0.6 is 0 Å². The molecule has 2 aromatic rings. The van der Waals surface area contributed by atoms with Gasteiger partial charge in [0.25, 0.3) is 0 Å². The maximum absolute atomic E-state index is 12.2. The van der Waals surface area contributed by atoms with Gasteiger partial charge in [0, 0.05) is 5.69 Å². The number of carbonyl (C=O) groups excluding carboxylic acids is 2. The van der Waals surface area contributed by atoms with Crippen molar-refractivity contribution in [2.75, 3.05) is 12.4 Å². The largest absolute Gasteiger partial charge is 0.497 e. The molecule has 0 spiro atoms. The monoisotopic (exact) mass is 342 g/mol. The van der Waals surface area contributed by atoms with Crippen LogP contribution in [0, 0.1) is 6.92 Å². The lowest BCUT2D eigenvalue weighted by Crippen LogP contribution is -2.38. The Balaban J connectivity index is 1.84. The number of amides is 1. The van der Waals surface area contributed by atoms with Crippen LogP contribution in [0.1, 0.15) is 17.5 Å². The average Bonchev–Trinajstić information content (AvgIpc) is 2.62. The number of anilines is 1. The Morgan fingerprint density at radius 2 is 1.88 bits per heavy atom. The van der Waals surface area contributed by atoms with E-state index in [1.165, 1.54) is 0 Å². The van der Waals surface area contributed by atoms with Gasteiger partial charge in [-0.25, -0.2) is 0 Å². The molecule has 6 nitrogen and oxygen atoms in total. The van der Waals surface area contributed by atoms with Gasteiger partial charge in [-0.3, -0.25) is 9.59 Å². The van der Waals surface area contributed by atoms with Gasteiger partial charge < -0.3 is 20.5 Å². The molecule has 1 atom stereocenters. The topological polar surface area (TPSA) is 90.6 Å². The maximum Gasteiger partial charge on any atom is 0.308 e. The number of nitrogens with one attached hydrogen (secondary N) is 1. The molecule has 0 aliphatic rings. The van der Waals surface area contributed by atoms with Crippen molar-refractivity contribution in [1.82, 2.24) is 0 Å². The Morgan fingerprint density at radius 1 is 1.16 bits per heavy atom. The third kappa shape index (κ3) is 5.61. The number of carbonyl (C=O) groups is 2. The van der Waals surface area contributed by atoms with Crippen LogP contribution in [0.25, 0.3) is 0 Å². The lowest BCUT2D eigenvalue weighted by molar-refractivity contribution is -0.146. The fourth-order valence-corrected chi connectivity index (χ4v) is 2.20. The Labute approximate surface area is 146 Å². The number of benzene rings is 2. The van der Waals surface area contributed by atoms with Crippen molar-refractivity contribution in [3.63, 3.8) is 0 Å². The quantitative estimate of drug-likeness (QED) is 0.754. The normalized spacial score (nSPS) is 11.5. The third-order valence-electron chi connectivity index (χ3n) is 3.66. The Morgan fingerprint density at radius 3 is 2.52 bits per heavy atom. The van der Waals surface area contributed by atoms with Crippen LogP contribution in [0.3, 0.4) is 0 Å². The fraction of sp³-hybridized carbons (Fsp3) is 0.263. The second kappa shape index (κ2) is 8.84. The highest BCUT2D eigenvalue weighted by Gasteiger charge is 2.19. The van der Waals surface area contributed by atoms with Crippen LogP contribution in [0.15, 0.2) is 48.5 Å². The van der Waals surface area contributed by atoms with E-state index < -0.39 is 17.9 Å². The van der Waals surface area contributed by atoms with E-state index in [1.54, 1.807) is 25.3 Å². The first kappa shape index (κ1) is 18.5. The molecular weight excluding hydrogens is 320 g/mol. The van der Waals surface area contributed by atoms with E-state index in [2.05, 4.69) is 5.32 Å². The summed E-state index contributed by atoms with van der Waals surface area (Å²) >= 11 is 0. The number of hydrogen-bond acceptors (Lipinski definition) is 5. The zero-order valence-corrected chi connectivity index (χ0v) is 14.3. The number of methoxy groups -OCH3 is 1. The highest BCUT2D eigenvalue weighted by atomic mass is 16.5. The molecule has 132 valence electrons. The summed E-state index contributed by atoms with van der Waals surface area (Å²) < 4.78 is 10.3. The molecule has 0 saturated carbocycles. The van der Waals surface area contributed by atoms with Gasteiger partial charge in [-0.05, 0) is 36.2 Å². The van der Waals surface area contributed by atoms with Crippen LogP contribution in [0.4, 0.5) is 5.69 Å². The second-order valence-electron chi connectivity index (χ2n) is 5.63. The van der Waals surface area contributed by atoms with Gasteiger partial charge in [0.1, 0.15) is 12.4 Å². The molecule has 2 aromatic carbocycles. The van der Waals surface area contributed by atoms with Crippen molar-refractivity contribution in [3.8, 4) is 5.75 Å². The number of hydrogen-bond donors (Lipinski definition) is 2. The second-order valence-corrected chi connectivity index (χ2v) is 5.63. The van der Waals surface area contributed by atoms with Crippen LogP contribution in [-0.2, 0) is 20.9 Å². The van der Waals surface area contributed by atoms with E-state index in [-0.39, 0.29) is 13.0 Å². The molecule has 0 radical (unpaired) electrons. The number of nitrogens with two attached hydrogens (primary N) is 1. The summed E-state index contributed by atoms with van der Waals surface area (Å²) in [4.78, 5) is 24.0. The van der Waals surface area contributed by atoms with Crippen molar-refractivity contribution in [1.29, 1.82) is 0 Å². The molecule has 0 bridgehead atoms. The van der Waals surface area contributed by atoms with E-state index >= 15 is 0 Å². The summed E-state index contributed by atoms with van der Waals surface area (Å²) in [5.74, 6) is -0.257. The summed E-state index contributed by atoms with van der Waals surface area (Å²) in [6.45, 7) is 2.00. The molecule has 1 amide bonds. The molecule has 0 fully saturated rings. The molecule has 3 N–H and O–H groups in total. The van der Waals surface area contributed by atoms with Crippen LogP contribution in [0.5, 0.6) is 5.75 Å². The smallest absolute Gasteiger partial charge is 0.308 e. The molecular formula is C19H22N2O4. The molecule has 25 heavy (non-hydrogen) atoms. The average molecular weight is 342 g/mol. The standard InChI is InChI=1S/C19H22N2O4/c1-13-10-15(24-2)8-9-17(13)21-19(23)16(20)11-18(22)25-12-14-6-4-3-5-7-14/h3-10,16H,11-12,20H2,1-2H3,(H,21,23)/t16-/m0/s1. The van der Waals surface area contributed by atoms with Gasteiger partial charge >= 0.3 is 5.97 Å². The fourth-order valence-electron chi connectivity index (χ4n) is 2.20. The molecule has 0 aliphatic carbocycles. The van der Waals surface area contributed by atoms with Crippen molar-refractivity contribution < 1.29 is 19.1 Å². The predicted octanol–water partition coefficient (Wildman–Crippen LogP) is 2.40. The van der Waals surface area contributed by atoms with E-state index in [9.17, 15) is 9.59 Å². The minimum Gasteiger partial charge on any atom is -0.497 e. The van der Waals surface area contributed by atoms with Gasteiger partial charge in [0.15, 0.2) is 0 Å². The number of ether oxygens (including phenoxy) is 2. The molecule has 2 rings (SSSR count). The van der Waals surface area contributed by atoms with Gasteiger partial charge in [-0.1, -0.05) is 30.3 Å². The van der Waals surface area contributed by atoms with Crippen LogP contribution < -0.4 is 15.8 Å². The number of aryl methyl sites for hydroxylation is 1. The predicted molar refractivity (Wildman–Crippen MR) is 95.2 cm³/mol. The molecule has 0 aromatic heterocycles. The maximum atomic E-state index is 12.2. The summed E-state index contributed by atoms with van der Waals surface area (Å²) in [6, 6.07) is 13.6. The third-order valence-corrected chi connectivity index (χ3v) is 3.66. The van der Waals surface area contributed by atoms with Crippen LogP contribution in [0.2, 0.25) is 0 Å². The van der Waals surface area contributed by atoms with Gasteiger partial charge in [0.2, 0.25) is 5.91 Å². The van der Waals surface area contributed by atoms with Crippen LogP contribution in [-0.4, -0.2) is 25.0 Å². The minimum absolute atomic E-state index is 0.158. The molecule has 0 heterocycles. The summed E-state index contributed by atoms with van der Waals surface area (Å²) in [5, 5.41) is 2.71. The van der Waals surface area contributed by atoms with Crippen molar-refractivity contribution in [2.24, 2.45) is 5.73 Å². The van der Waals surface area contributed by atoms with E-state index in [1.807, 2.05) is 37.3 Å². The first-order chi connectivity index (χ1) is 12.0. The summed E-state index contributed by atoms with van der Waals surface area (Å²) in [6.07, 6.45) is -0.187. The van der Waals surface area contributed by atoms with E-state index in [0.717, 1.165) is 11.1 Å². The molecule has 0 saturated heterocycles. The zero-order valence-electron chi connectivity index (χ0n) is 14.3. The minimum atomic E-state index is -0.982. The summed E-state index contributed by atoms with van der Waals surface area (Å²) in [5.41, 5.74) is 8.14. The highest BCUT2D eigenvalue weighted by molar-refractivity contribution is 5.97. The molecule has 6 heteroatoms. The number of rotatable bonds is 7. The van der Waals surface area contributed by atoms with Gasteiger partial charge in [0.05, 0.1) is 19.6 Å². The molecule has 0 unspecified atom stereocenters. The van der Waals surface area contributed by atoms with Crippen molar-refractivity contribution in [2.45, 2.75) is 26.0 Å². The Bertz CT molecular complexity index is 731. The Kier molecular flexibility index (Phi) is 6.54. The zero-order chi connectivity index (χ0) is 18.2. The first-order valence-electron chi connectivity index (χ1n) is 7.90. The molecule has 0 aliphatic heterocycles. The highest BCUT2D eigenvalue weighted by Crippen LogP contribution is 2.21. The van der Waals surface area contributed by atoms with E-state index in [4.69, 9.17) is 15.2 Å². The lowest BCUT2D eigenvalue weighted by Gasteiger charge is -2.14. The summed E-state index contributed by atoms with van der Waals surface area (Å²) in [7, 11) is 1.57. The Hall–Kier alpha value is -2.86. The lowest BCUT2D eigenvalue weighted by atomic mass is 10.1.